The Kier molecular flexibility index (Phi) is 5.38. The van der Waals surface area contributed by atoms with Crippen LogP contribution < -0.4 is 5.73 Å². The molecule has 0 unspecified atom stereocenters. The molecule has 0 aliphatic carbocycles. The zero-order valence-corrected chi connectivity index (χ0v) is 10.6. The van der Waals surface area contributed by atoms with Crippen molar-refractivity contribution >= 4 is 17.2 Å². The number of nitrogens with two attached hydrogens (primary N) is 1. The average Bonchev–Trinajstić information content (AvgIpc) is 2.27. The van der Waals surface area contributed by atoms with Crippen LogP contribution in [0.1, 0.15) is 11.1 Å². The topological polar surface area (TPSA) is 38.5 Å². The first-order valence-electron chi connectivity index (χ1n) is 5.19. The summed E-state index contributed by atoms with van der Waals surface area (Å²) < 4.78 is 5.03. The van der Waals surface area contributed by atoms with Gasteiger partial charge in [0.25, 0.3) is 0 Å². The molecule has 0 aromatic heterocycles. The fourth-order valence-electron chi connectivity index (χ4n) is 1.41. The van der Waals surface area contributed by atoms with Gasteiger partial charge in [0, 0.05) is 25.8 Å². The lowest BCUT2D eigenvalue weighted by Gasteiger charge is -2.16. The second kappa shape index (κ2) is 6.58. The second-order valence-electron chi connectivity index (χ2n) is 3.79. The van der Waals surface area contributed by atoms with Gasteiger partial charge >= 0.3 is 0 Å². The fraction of sp³-hybridized carbons (Fsp3) is 0.417. The normalized spacial score (nSPS) is 10.7. The van der Waals surface area contributed by atoms with Gasteiger partial charge < -0.3 is 10.5 Å². The van der Waals surface area contributed by atoms with E-state index in [1.807, 2.05) is 12.1 Å². The predicted octanol–water partition coefficient (Wildman–Crippen LogP) is 1.40. The highest BCUT2D eigenvalue weighted by atomic mass is 32.1. The first kappa shape index (κ1) is 13.1. The highest BCUT2D eigenvalue weighted by Gasteiger charge is 2.01. The van der Waals surface area contributed by atoms with Gasteiger partial charge in [-0.05, 0) is 12.6 Å². The molecule has 4 heteroatoms. The molecule has 2 N–H and O–H groups in total. The van der Waals surface area contributed by atoms with Crippen molar-refractivity contribution < 1.29 is 4.74 Å². The molecule has 0 bridgehead atoms. The van der Waals surface area contributed by atoms with Crippen LogP contribution in [0.25, 0.3) is 0 Å². The van der Waals surface area contributed by atoms with E-state index in [1.165, 1.54) is 5.56 Å². The van der Waals surface area contributed by atoms with Gasteiger partial charge in [-0.15, -0.1) is 0 Å². The Morgan fingerprint density at radius 2 is 2.00 bits per heavy atom. The van der Waals surface area contributed by atoms with Crippen molar-refractivity contribution in [1.82, 2.24) is 4.90 Å². The molecule has 0 fully saturated rings. The predicted molar refractivity (Wildman–Crippen MR) is 70.5 cm³/mol. The lowest BCUT2D eigenvalue weighted by molar-refractivity contribution is 0.158. The third-order valence-corrected chi connectivity index (χ3v) is 2.60. The molecule has 1 rings (SSSR count). The monoisotopic (exact) mass is 238 g/mol. The van der Waals surface area contributed by atoms with Crippen LogP contribution >= 0.6 is 12.2 Å². The zero-order chi connectivity index (χ0) is 12.0. The largest absolute Gasteiger partial charge is 0.389 e. The zero-order valence-electron chi connectivity index (χ0n) is 9.77. The minimum Gasteiger partial charge on any atom is -0.389 e. The summed E-state index contributed by atoms with van der Waals surface area (Å²) >= 11 is 4.90. The van der Waals surface area contributed by atoms with Gasteiger partial charge in [-0.1, -0.05) is 36.5 Å². The molecule has 0 radical (unpaired) electrons. The Balaban J connectivity index is 2.51. The number of ether oxygens (including phenoxy) is 1. The van der Waals surface area contributed by atoms with Crippen LogP contribution in [0.5, 0.6) is 0 Å². The Labute approximate surface area is 102 Å². The number of hydrogen-bond donors (Lipinski definition) is 1. The summed E-state index contributed by atoms with van der Waals surface area (Å²) in [5.74, 6) is 0. The fourth-order valence-corrected chi connectivity index (χ4v) is 1.55. The Hall–Kier alpha value is -0.970. The average molecular weight is 238 g/mol. The van der Waals surface area contributed by atoms with Gasteiger partial charge in [0.2, 0.25) is 0 Å². The maximum atomic E-state index is 5.54. The molecule has 0 atom stereocenters. The lowest BCUT2D eigenvalue weighted by atomic mass is 10.1. The van der Waals surface area contributed by atoms with Crippen molar-refractivity contribution in [2.45, 2.75) is 6.54 Å². The first-order chi connectivity index (χ1) is 7.63. The molecule has 3 nitrogen and oxygen atoms in total. The van der Waals surface area contributed by atoms with Crippen molar-refractivity contribution in [1.29, 1.82) is 0 Å². The van der Waals surface area contributed by atoms with E-state index in [4.69, 9.17) is 22.7 Å². The van der Waals surface area contributed by atoms with Crippen LogP contribution in [0.3, 0.4) is 0 Å². The minimum atomic E-state index is 0.444. The quantitative estimate of drug-likeness (QED) is 0.760. The number of rotatable bonds is 6. The highest BCUT2D eigenvalue weighted by molar-refractivity contribution is 7.80. The summed E-state index contributed by atoms with van der Waals surface area (Å²) in [4.78, 5) is 2.65. The summed E-state index contributed by atoms with van der Waals surface area (Å²) in [5, 5.41) is 0. The number of methoxy groups -OCH3 is 1. The number of thiocarbonyl (C=S) groups is 1. The minimum absolute atomic E-state index is 0.444. The van der Waals surface area contributed by atoms with E-state index in [-0.39, 0.29) is 0 Å². The van der Waals surface area contributed by atoms with E-state index in [1.54, 1.807) is 7.11 Å². The third-order valence-electron chi connectivity index (χ3n) is 2.37. The molecule has 0 amide bonds. The van der Waals surface area contributed by atoms with E-state index in [9.17, 15) is 0 Å². The number of nitrogens with zero attached hydrogens (tertiary/aromatic N) is 1. The molecule has 0 saturated heterocycles. The molecule has 1 aromatic rings. The molecule has 1 aromatic carbocycles. The number of benzene rings is 1. The van der Waals surface area contributed by atoms with Crippen molar-refractivity contribution in [3.05, 3.63) is 35.4 Å². The molecule has 88 valence electrons. The van der Waals surface area contributed by atoms with Crippen molar-refractivity contribution in [2.75, 3.05) is 27.3 Å². The van der Waals surface area contributed by atoms with E-state index >= 15 is 0 Å². The standard InChI is InChI=1S/C12H18N2OS/c1-14(7-8-15-2)9-10-3-5-11(6-4-10)12(13)16/h3-6H,7-9H2,1-2H3,(H2,13,16). The van der Waals surface area contributed by atoms with Crippen LogP contribution in [0.4, 0.5) is 0 Å². The molecular weight excluding hydrogens is 220 g/mol. The molecule has 0 aliphatic heterocycles. The van der Waals surface area contributed by atoms with Crippen LogP contribution in [-0.4, -0.2) is 37.2 Å². The van der Waals surface area contributed by atoms with Gasteiger partial charge in [0.1, 0.15) is 4.99 Å². The summed E-state index contributed by atoms with van der Waals surface area (Å²) in [5.41, 5.74) is 7.70. The summed E-state index contributed by atoms with van der Waals surface area (Å²) in [6, 6.07) is 8.03. The van der Waals surface area contributed by atoms with E-state index < -0.39 is 0 Å². The SMILES string of the molecule is COCCN(C)Cc1ccc(C(N)=S)cc1. The van der Waals surface area contributed by atoms with Gasteiger partial charge in [-0.3, -0.25) is 4.90 Å². The first-order valence-corrected chi connectivity index (χ1v) is 5.60. The Bertz CT molecular complexity index is 337. The van der Waals surface area contributed by atoms with Gasteiger partial charge in [0.15, 0.2) is 0 Å². The third kappa shape index (κ3) is 4.26. The molecule has 0 aliphatic rings. The van der Waals surface area contributed by atoms with Gasteiger partial charge in [-0.2, -0.15) is 0 Å². The smallest absolute Gasteiger partial charge is 0.103 e. The number of hydrogen-bond acceptors (Lipinski definition) is 3. The van der Waals surface area contributed by atoms with Crippen LogP contribution in [-0.2, 0) is 11.3 Å². The lowest BCUT2D eigenvalue weighted by Crippen LogP contribution is -2.22. The van der Waals surface area contributed by atoms with Crippen LogP contribution in [0.15, 0.2) is 24.3 Å². The second-order valence-corrected chi connectivity index (χ2v) is 4.23. The van der Waals surface area contributed by atoms with Gasteiger partial charge in [0.05, 0.1) is 6.61 Å². The molecule has 16 heavy (non-hydrogen) atoms. The summed E-state index contributed by atoms with van der Waals surface area (Å²) in [6.45, 7) is 2.58. The van der Waals surface area contributed by atoms with Crippen LogP contribution in [0, 0.1) is 0 Å². The van der Waals surface area contributed by atoms with E-state index in [2.05, 4.69) is 24.1 Å². The Morgan fingerprint density at radius 1 is 1.38 bits per heavy atom. The van der Waals surface area contributed by atoms with Crippen molar-refractivity contribution in [3.8, 4) is 0 Å². The maximum absolute atomic E-state index is 5.54. The summed E-state index contributed by atoms with van der Waals surface area (Å²) in [7, 11) is 3.78. The number of likely N-dealkylation sites (N-methyl/N-ethyl adjacent to an activating group) is 1. The Morgan fingerprint density at radius 3 is 2.50 bits per heavy atom. The molecule has 0 heterocycles. The molecule has 0 saturated carbocycles. The summed E-state index contributed by atoms with van der Waals surface area (Å²) in [6.07, 6.45) is 0. The van der Waals surface area contributed by atoms with E-state index in [0.29, 0.717) is 4.99 Å². The highest BCUT2D eigenvalue weighted by Crippen LogP contribution is 2.06. The van der Waals surface area contributed by atoms with Crippen molar-refractivity contribution in [2.24, 2.45) is 5.73 Å². The van der Waals surface area contributed by atoms with Gasteiger partial charge in [-0.25, -0.2) is 0 Å². The van der Waals surface area contributed by atoms with E-state index in [0.717, 1.165) is 25.3 Å². The molecular formula is C12H18N2OS. The van der Waals surface area contributed by atoms with Crippen LogP contribution in [0.2, 0.25) is 0 Å². The maximum Gasteiger partial charge on any atom is 0.103 e. The van der Waals surface area contributed by atoms with Crippen molar-refractivity contribution in [3.63, 3.8) is 0 Å². The molecule has 0 spiro atoms.